The third kappa shape index (κ3) is 5.71. The molecule has 9 heteroatoms. The minimum Gasteiger partial charge on any atom is -0.298 e. The predicted octanol–water partition coefficient (Wildman–Crippen LogP) is 5.90. The minimum atomic E-state index is -3.58. The van der Waals surface area contributed by atoms with Crippen molar-refractivity contribution >= 4 is 58.5 Å². The number of carbonyl (C=O) groups is 1. The third-order valence-electron chi connectivity index (χ3n) is 4.87. The molecule has 1 amide bonds. The van der Waals surface area contributed by atoms with Crippen molar-refractivity contribution < 1.29 is 13.2 Å². The number of halogens is 1. The number of aromatic nitrogens is 1. The van der Waals surface area contributed by atoms with Crippen LogP contribution in [0.1, 0.15) is 49.9 Å². The van der Waals surface area contributed by atoms with Gasteiger partial charge in [-0.2, -0.15) is 4.31 Å². The Labute approximate surface area is 195 Å². The Bertz CT molecular complexity index is 1140. The molecule has 1 N–H and O–H groups in total. The van der Waals surface area contributed by atoms with Crippen LogP contribution in [-0.4, -0.2) is 36.7 Å². The Morgan fingerprint density at radius 2 is 1.71 bits per heavy atom. The number of hydrogen-bond acceptors (Lipinski definition) is 5. The van der Waals surface area contributed by atoms with Gasteiger partial charge in [-0.1, -0.05) is 44.1 Å². The van der Waals surface area contributed by atoms with Crippen LogP contribution in [0.4, 0.5) is 5.13 Å². The summed E-state index contributed by atoms with van der Waals surface area (Å²) in [6, 6.07) is 11.9. The molecular weight excluding hydrogens is 498 g/mol. The minimum absolute atomic E-state index is 0.208. The van der Waals surface area contributed by atoms with Gasteiger partial charge in [0.1, 0.15) is 0 Å². The van der Waals surface area contributed by atoms with Crippen LogP contribution in [0.3, 0.4) is 0 Å². The standard InChI is InChI=1S/C22H26BrN3O3S2/c1-3-5-14-26(15-6-4-2)31(28,29)17-12-10-16(11-13-17)21(27)25-22-24-20-18(23)8-7-9-19(20)30-22/h7-13H,3-6,14-15H2,1-2H3,(H,24,25,27). The molecule has 0 bridgehead atoms. The summed E-state index contributed by atoms with van der Waals surface area (Å²) >= 11 is 4.85. The van der Waals surface area contributed by atoms with Crippen LogP contribution < -0.4 is 5.32 Å². The SMILES string of the molecule is CCCCN(CCCC)S(=O)(=O)c1ccc(C(=O)Nc2nc3c(Br)cccc3s2)cc1. The molecule has 0 saturated carbocycles. The first-order valence-electron chi connectivity index (χ1n) is 10.3. The Hall–Kier alpha value is -1.81. The van der Waals surface area contributed by atoms with Gasteiger partial charge < -0.3 is 0 Å². The Morgan fingerprint density at radius 3 is 2.29 bits per heavy atom. The lowest BCUT2D eigenvalue weighted by atomic mass is 10.2. The Kier molecular flexibility index (Phi) is 8.21. The maximum atomic E-state index is 13.1. The lowest BCUT2D eigenvalue weighted by molar-refractivity contribution is 0.102. The van der Waals surface area contributed by atoms with Crippen LogP contribution in [-0.2, 0) is 10.0 Å². The fourth-order valence-electron chi connectivity index (χ4n) is 3.09. The van der Waals surface area contributed by atoms with E-state index in [0.29, 0.717) is 23.8 Å². The molecular formula is C22H26BrN3O3S2. The summed E-state index contributed by atoms with van der Waals surface area (Å²) < 4.78 is 29.5. The lowest BCUT2D eigenvalue weighted by Gasteiger charge is -2.22. The highest BCUT2D eigenvalue weighted by Crippen LogP contribution is 2.31. The quantitative estimate of drug-likeness (QED) is 0.358. The molecule has 0 aliphatic carbocycles. The van der Waals surface area contributed by atoms with Crippen LogP contribution >= 0.6 is 27.3 Å². The molecule has 3 aromatic rings. The summed E-state index contributed by atoms with van der Waals surface area (Å²) in [5.41, 5.74) is 1.18. The topological polar surface area (TPSA) is 79.4 Å². The fraction of sp³-hybridized carbons (Fsp3) is 0.364. The van der Waals surface area contributed by atoms with E-state index in [2.05, 4.69) is 26.2 Å². The summed E-state index contributed by atoms with van der Waals surface area (Å²) in [6.07, 6.45) is 3.50. The van der Waals surface area contributed by atoms with Crippen molar-refractivity contribution in [3.05, 3.63) is 52.5 Å². The number of hydrogen-bond donors (Lipinski definition) is 1. The Morgan fingerprint density at radius 1 is 1.06 bits per heavy atom. The number of para-hydroxylation sites is 1. The second-order valence-corrected chi connectivity index (χ2v) is 11.0. The van der Waals surface area contributed by atoms with E-state index >= 15 is 0 Å². The Balaban J connectivity index is 1.75. The highest BCUT2D eigenvalue weighted by molar-refractivity contribution is 9.10. The van der Waals surface area contributed by atoms with Crippen LogP contribution in [0.5, 0.6) is 0 Å². The van der Waals surface area contributed by atoms with E-state index in [-0.39, 0.29) is 10.8 Å². The zero-order valence-electron chi connectivity index (χ0n) is 17.6. The number of anilines is 1. The first-order valence-corrected chi connectivity index (χ1v) is 13.4. The van der Waals surface area contributed by atoms with Crippen molar-refractivity contribution in [1.82, 2.24) is 9.29 Å². The zero-order valence-corrected chi connectivity index (χ0v) is 20.8. The smallest absolute Gasteiger partial charge is 0.257 e. The number of sulfonamides is 1. The highest BCUT2D eigenvalue weighted by Gasteiger charge is 2.24. The molecule has 0 unspecified atom stereocenters. The van der Waals surface area contributed by atoms with Gasteiger partial charge in [0, 0.05) is 23.1 Å². The normalized spacial score (nSPS) is 11.9. The zero-order chi connectivity index (χ0) is 22.4. The largest absolute Gasteiger partial charge is 0.298 e. The van der Waals surface area contributed by atoms with E-state index in [1.54, 1.807) is 16.4 Å². The van der Waals surface area contributed by atoms with Gasteiger partial charge >= 0.3 is 0 Å². The molecule has 0 fully saturated rings. The molecule has 0 spiro atoms. The molecule has 2 aromatic carbocycles. The first-order chi connectivity index (χ1) is 14.9. The van der Waals surface area contributed by atoms with Gasteiger partial charge in [-0.25, -0.2) is 13.4 Å². The molecule has 1 aromatic heterocycles. The number of thiazole rings is 1. The third-order valence-corrected chi connectivity index (χ3v) is 8.36. The first kappa shape index (κ1) is 23.8. The van der Waals surface area contributed by atoms with Gasteiger partial charge in [-0.15, -0.1) is 0 Å². The maximum Gasteiger partial charge on any atom is 0.257 e. The molecule has 0 aliphatic heterocycles. The van der Waals surface area contributed by atoms with Crippen molar-refractivity contribution in [3.63, 3.8) is 0 Å². The van der Waals surface area contributed by atoms with Crippen LogP contribution in [0.25, 0.3) is 10.2 Å². The summed E-state index contributed by atoms with van der Waals surface area (Å²) in [6.45, 7) is 5.10. The number of benzene rings is 2. The van der Waals surface area contributed by atoms with Crippen LogP contribution in [0.15, 0.2) is 51.8 Å². The second-order valence-electron chi connectivity index (χ2n) is 7.20. The number of rotatable bonds is 10. The van der Waals surface area contributed by atoms with Crippen molar-refractivity contribution in [2.45, 2.75) is 44.4 Å². The molecule has 0 radical (unpaired) electrons. The van der Waals surface area contributed by atoms with E-state index in [9.17, 15) is 13.2 Å². The van der Waals surface area contributed by atoms with Crippen LogP contribution in [0.2, 0.25) is 0 Å². The average Bonchev–Trinajstić information content (AvgIpc) is 3.17. The second kappa shape index (κ2) is 10.7. The van der Waals surface area contributed by atoms with E-state index < -0.39 is 10.0 Å². The van der Waals surface area contributed by atoms with Crippen molar-refractivity contribution in [1.29, 1.82) is 0 Å². The number of amides is 1. The van der Waals surface area contributed by atoms with E-state index in [0.717, 1.165) is 40.4 Å². The molecule has 166 valence electrons. The predicted molar refractivity (Wildman–Crippen MR) is 130 cm³/mol. The van der Waals surface area contributed by atoms with Crippen molar-refractivity contribution in [3.8, 4) is 0 Å². The number of nitrogens with one attached hydrogen (secondary N) is 1. The highest BCUT2D eigenvalue weighted by atomic mass is 79.9. The van der Waals surface area contributed by atoms with Crippen LogP contribution in [0, 0.1) is 0 Å². The van der Waals surface area contributed by atoms with Gasteiger partial charge in [0.05, 0.1) is 15.1 Å². The fourth-order valence-corrected chi connectivity index (χ4v) is 6.08. The number of carbonyl (C=O) groups excluding carboxylic acids is 1. The van der Waals surface area contributed by atoms with Gasteiger partial charge in [0.15, 0.2) is 5.13 Å². The lowest BCUT2D eigenvalue weighted by Crippen LogP contribution is -2.33. The van der Waals surface area contributed by atoms with Gasteiger partial charge in [0.25, 0.3) is 5.91 Å². The molecule has 6 nitrogen and oxygen atoms in total. The average molecular weight is 525 g/mol. The van der Waals surface area contributed by atoms with Crippen molar-refractivity contribution in [2.75, 3.05) is 18.4 Å². The molecule has 31 heavy (non-hydrogen) atoms. The van der Waals surface area contributed by atoms with Gasteiger partial charge in [0.2, 0.25) is 10.0 Å². The summed E-state index contributed by atoms with van der Waals surface area (Å²) in [5, 5.41) is 3.29. The van der Waals surface area contributed by atoms with Gasteiger partial charge in [-0.05, 0) is 65.2 Å². The maximum absolute atomic E-state index is 13.1. The van der Waals surface area contributed by atoms with E-state index in [1.165, 1.54) is 23.5 Å². The molecule has 0 aliphatic rings. The summed E-state index contributed by atoms with van der Waals surface area (Å²) in [7, 11) is -3.58. The number of nitrogens with zero attached hydrogens (tertiary/aromatic N) is 2. The monoisotopic (exact) mass is 523 g/mol. The molecule has 0 saturated heterocycles. The van der Waals surface area contributed by atoms with Crippen molar-refractivity contribution in [2.24, 2.45) is 0 Å². The number of fused-ring (bicyclic) bond motifs is 1. The molecule has 3 rings (SSSR count). The molecule has 1 heterocycles. The van der Waals surface area contributed by atoms with Gasteiger partial charge in [-0.3, -0.25) is 10.1 Å². The number of unbranched alkanes of at least 4 members (excludes halogenated alkanes) is 2. The summed E-state index contributed by atoms with van der Waals surface area (Å²) in [5.74, 6) is -0.326. The summed E-state index contributed by atoms with van der Waals surface area (Å²) in [4.78, 5) is 17.3. The van der Waals surface area contributed by atoms with E-state index in [4.69, 9.17) is 0 Å². The van der Waals surface area contributed by atoms with E-state index in [1.807, 2.05) is 32.0 Å². The molecule has 0 atom stereocenters.